The van der Waals surface area contributed by atoms with Crippen LogP contribution in [0.1, 0.15) is 16.2 Å². The summed E-state index contributed by atoms with van der Waals surface area (Å²) in [4.78, 5) is 28.0. The highest BCUT2D eigenvalue weighted by Crippen LogP contribution is 2.05. The highest BCUT2D eigenvalue weighted by atomic mass is 79.9. The molecule has 0 aliphatic carbocycles. The zero-order valence-electron chi connectivity index (χ0n) is 10.1. The summed E-state index contributed by atoms with van der Waals surface area (Å²) in [7, 11) is 1.84. The van der Waals surface area contributed by atoms with Crippen molar-refractivity contribution >= 4 is 21.7 Å². The van der Waals surface area contributed by atoms with Gasteiger partial charge in [-0.25, -0.2) is 4.98 Å². The van der Waals surface area contributed by atoms with Crippen LogP contribution in [0.5, 0.6) is 0 Å². The number of halogens is 1. The molecular weight excluding hydrogens is 298 g/mol. The van der Waals surface area contributed by atoms with Crippen LogP contribution >= 0.6 is 15.9 Å². The first-order valence-corrected chi connectivity index (χ1v) is 6.15. The summed E-state index contributed by atoms with van der Waals surface area (Å²) < 4.78 is 3.51. The van der Waals surface area contributed by atoms with Gasteiger partial charge in [0.15, 0.2) is 5.78 Å². The van der Waals surface area contributed by atoms with Gasteiger partial charge in [-0.15, -0.1) is 0 Å². The fourth-order valence-corrected chi connectivity index (χ4v) is 1.96. The molecule has 0 saturated heterocycles. The Hall–Kier alpha value is -1.69. The van der Waals surface area contributed by atoms with Gasteiger partial charge in [-0.05, 0) is 28.9 Å². The Morgan fingerprint density at radius 3 is 2.83 bits per heavy atom. The molecule has 0 spiro atoms. The van der Waals surface area contributed by atoms with Crippen LogP contribution in [0, 0.1) is 6.92 Å². The Morgan fingerprint density at radius 2 is 2.22 bits per heavy atom. The van der Waals surface area contributed by atoms with E-state index in [1.807, 2.05) is 7.05 Å². The zero-order valence-corrected chi connectivity index (χ0v) is 11.6. The van der Waals surface area contributed by atoms with E-state index in [-0.39, 0.29) is 17.9 Å². The maximum Gasteiger partial charge on any atom is 0.268 e. The third-order valence-electron chi connectivity index (χ3n) is 2.66. The molecule has 2 rings (SSSR count). The monoisotopic (exact) mass is 309 g/mol. The second-order valence-corrected chi connectivity index (χ2v) is 4.89. The number of hydrogen-bond acceptors (Lipinski definition) is 3. The van der Waals surface area contributed by atoms with E-state index in [1.165, 1.54) is 10.8 Å². The molecule has 5 nitrogen and oxygen atoms in total. The summed E-state index contributed by atoms with van der Waals surface area (Å²) in [5.74, 6) is 0.410. The van der Waals surface area contributed by atoms with E-state index in [2.05, 4.69) is 20.9 Å². The predicted octanol–water partition coefficient (Wildman–Crippen LogP) is 1.54. The van der Waals surface area contributed by atoms with Crippen molar-refractivity contribution in [2.45, 2.75) is 13.5 Å². The lowest BCUT2D eigenvalue weighted by Gasteiger charge is -2.07. The molecule has 0 aromatic carbocycles. The average Bonchev–Trinajstić information content (AvgIpc) is 2.76. The molecular formula is C12H12BrN3O2. The van der Waals surface area contributed by atoms with Gasteiger partial charge in [0.1, 0.15) is 10.3 Å². The van der Waals surface area contributed by atoms with Crippen molar-refractivity contribution in [1.29, 1.82) is 0 Å². The van der Waals surface area contributed by atoms with Crippen molar-refractivity contribution in [3.8, 4) is 0 Å². The Labute approximate surface area is 112 Å². The van der Waals surface area contributed by atoms with Gasteiger partial charge in [0, 0.05) is 31.2 Å². The van der Waals surface area contributed by atoms with Gasteiger partial charge in [-0.1, -0.05) is 0 Å². The van der Waals surface area contributed by atoms with Gasteiger partial charge in [-0.2, -0.15) is 0 Å². The van der Waals surface area contributed by atoms with Crippen LogP contribution in [-0.4, -0.2) is 19.9 Å². The zero-order chi connectivity index (χ0) is 13.3. The third kappa shape index (κ3) is 2.43. The third-order valence-corrected chi connectivity index (χ3v) is 3.20. The summed E-state index contributed by atoms with van der Waals surface area (Å²) in [6, 6.07) is 1.73. The maximum atomic E-state index is 12.0. The molecule has 6 heteroatoms. The molecule has 2 heterocycles. The van der Waals surface area contributed by atoms with Gasteiger partial charge in [-0.3, -0.25) is 14.2 Å². The number of aromatic nitrogens is 3. The van der Waals surface area contributed by atoms with Crippen LogP contribution in [0.25, 0.3) is 0 Å². The minimum absolute atomic E-state index is 0.00111. The number of carbonyl (C=O) groups is 1. The summed E-state index contributed by atoms with van der Waals surface area (Å²) in [6.07, 6.45) is 4.97. The van der Waals surface area contributed by atoms with Gasteiger partial charge < -0.3 is 4.57 Å². The number of rotatable bonds is 3. The van der Waals surface area contributed by atoms with E-state index in [4.69, 9.17) is 0 Å². The topological polar surface area (TPSA) is 56.9 Å². The Kier molecular flexibility index (Phi) is 3.47. The van der Waals surface area contributed by atoms with Crippen molar-refractivity contribution in [1.82, 2.24) is 14.1 Å². The lowest BCUT2D eigenvalue weighted by Crippen LogP contribution is -2.27. The van der Waals surface area contributed by atoms with E-state index in [1.54, 1.807) is 30.0 Å². The molecule has 2 aromatic rings. The lowest BCUT2D eigenvalue weighted by atomic mass is 10.2. The highest BCUT2D eigenvalue weighted by molar-refractivity contribution is 9.10. The lowest BCUT2D eigenvalue weighted by molar-refractivity contribution is 0.0969. The molecule has 0 unspecified atom stereocenters. The maximum absolute atomic E-state index is 12.0. The predicted molar refractivity (Wildman–Crippen MR) is 70.7 cm³/mol. The van der Waals surface area contributed by atoms with Crippen LogP contribution in [0.15, 0.2) is 33.9 Å². The van der Waals surface area contributed by atoms with Crippen LogP contribution in [0.2, 0.25) is 0 Å². The fraction of sp³-hybridized carbons (Fsp3) is 0.250. The highest BCUT2D eigenvalue weighted by Gasteiger charge is 2.12. The Balaban J connectivity index is 2.33. The van der Waals surface area contributed by atoms with Crippen molar-refractivity contribution in [2.75, 3.05) is 0 Å². The first-order valence-electron chi connectivity index (χ1n) is 5.36. The van der Waals surface area contributed by atoms with E-state index < -0.39 is 0 Å². The van der Waals surface area contributed by atoms with Crippen LogP contribution in [0.4, 0.5) is 0 Å². The van der Waals surface area contributed by atoms with E-state index in [9.17, 15) is 9.59 Å². The van der Waals surface area contributed by atoms with Gasteiger partial charge >= 0.3 is 0 Å². The van der Waals surface area contributed by atoms with Gasteiger partial charge in [0.2, 0.25) is 0 Å². The standard InChI is InChI=1S/C12H12BrN3O2/c1-8-14-5-10(13)12(18)16(8)7-11(17)9-3-4-15(2)6-9/h3-6H,7H2,1-2H3. The molecule has 94 valence electrons. The minimum atomic E-state index is -0.244. The second-order valence-electron chi connectivity index (χ2n) is 4.03. The molecule has 0 saturated carbocycles. The summed E-state index contributed by atoms with van der Waals surface area (Å²) in [5, 5.41) is 0. The van der Waals surface area contributed by atoms with Gasteiger partial charge in [0.25, 0.3) is 5.56 Å². The normalized spacial score (nSPS) is 10.6. The molecule has 0 fully saturated rings. The molecule has 0 aliphatic rings. The van der Waals surface area contributed by atoms with E-state index in [0.717, 1.165) is 0 Å². The fourth-order valence-electron chi connectivity index (χ4n) is 1.64. The van der Waals surface area contributed by atoms with E-state index in [0.29, 0.717) is 15.9 Å². The molecule has 0 bridgehead atoms. The number of aryl methyl sites for hydroxylation is 2. The number of Topliss-reactive ketones (excluding diaryl/α,β-unsaturated/α-hetero) is 1. The molecule has 0 amide bonds. The quantitative estimate of drug-likeness (QED) is 0.808. The number of ketones is 1. The first-order chi connectivity index (χ1) is 8.49. The molecule has 0 atom stereocenters. The smallest absolute Gasteiger partial charge is 0.268 e. The summed E-state index contributed by atoms with van der Waals surface area (Å²) >= 11 is 3.12. The number of carbonyl (C=O) groups excluding carboxylic acids is 1. The molecule has 0 radical (unpaired) electrons. The summed E-state index contributed by atoms with van der Waals surface area (Å²) in [5.41, 5.74) is 0.343. The average molecular weight is 310 g/mol. The van der Waals surface area contributed by atoms with Crippen molar-refractivity contribution < 1.29 is 4.79 Å². The molecule has 2 aromatic heterocycles. The van der Waals surface area contributed by atoms with Crippen LogP contribution in [-0.2, 0) is 13.6 Å². The second kappa shape index (κ2) is 4.89. The largest absolute Gasteiger partial charge is 0.357 e. The number of hydrogen-bond donors (Lipinski definition) is 0. The summed E-state index contributed by atoms with van der Waals surface area (Å²) in [6.45, 7) is 1.70. The van der Waals surface area contributed by atoms with Crippen LogP contribution in [0.3, 0.4) is 0 Å². The first kappa shape index (κ1) is 12.8. The van der Waals surface area contributed by atoms with Gasteiger partial charge in [0.05, 0.1) is 6.54 Å². The van der Waals surface area contributed by atoms with Crippen molar-refractivity contribution in [2.24, 2.45) is 7.05 Å². The Bertz CT molecular complexity index is 658. The molecule has 0 aliphatic heterocycles. The molecule has 18 heavy (non-hydrogen) atoms. The van der Waals surface area contributed by atoms with Crippen LogP contribution < -0.4 is 5.56 Å². The van der Waals surface area contributed by atoms with Crippen molar-refractivity contribution in [3.05, 3.63) is 50.9 Å². The SMILES string of the molecule is Cc1ncc(Br)c(=O)n1CC(=O)c1ccn(C)c1. The molecule has 0 N–H and O–H groups in total. The van der Waals surface area contributed by atoms with E-state index >= 15 is 0 Å². The minimum Gasteiger partial charge on any atom is -0.357 e. The van der Waals surface area contributed by atoms with Crippen molar-refractivity contribution in [3.63, 3.8) is 0 Å². The number of nitrogens with zero attached hydrogens (tertiary/aromatic N) is 3. The Morgan fingerprint density at radius 1 is 1.50 bits per heavy atom.